The molecule has 0 amide bonds. The van der Waals surface area contributed by atoms with Crippen LogP contribution in [0.2, 0.25) is 0 Å². The first kappa shape index (κ1) is 12.2. The van der Waals surface area contributed by atoms with Gasteiger partial charge < -0.3 is 9.88 Å². The second-order valence-corrected chi connectivity index (χ2v) is 4.11. The van der Waals surface area contributed by atoms with Gasteiger partial charge in [0.05, 0.1) is 0 Å². The fourth-order valence-corrected chi connectivity index (χ4v) is 1.87. The molecule has 2 atom stereocenters. The summed E-state index contributed by atoms with van der Waals surface area (Å²) in [6, 6.07) is 0.480. The van der Waals surface area contributed by atoms with Gasteiger partial charge in [0.1, 0.15) is 5.82 Å². The fourth-order valence-electron chi connectivity index (χ4n) is 1.87. The maximum absolute atomic E-state index is 4.46. The number of nitrogens with one attached hydrogen (secondary N) is 1. The highest BCUT2D eigenvalue weighted by atomic mass is 15.1. The van der Waals surface area contributed by atoms with Gasteiger partial charge in [-0.3, -0.25) is 0 Å². The van der Waals surface area contributed by atoms with Crippen LogP contribution in [0.25, 0.3) is 0 Å². The van der Waals surface area contributed by atoms with E-state index in [-0.39, 0.29) is 0 Å². The molecule has 0 radical (unpaired) electrons. The lowest BCUT2D eigenvalue weighted by molar-refractivity contribution is 0.459. The second kappa shape index (κ2) is 5.91. The smallest absolute Gasteiger partial charge is 0.113 e. The Bertz CT molecular complexity index is 280. The molecule has 1 aromatic heterocycles. The highest BCUT2D eigenvalue weighted by Crippen LogP contribution is 2.17. The Morgan fingerprint density at radius 1 is 1.40 bits per heavy atom. The van der Waals surface area contributed by atoms with E-state index in [0.29, 0.717) is 12.0 Å². The van der Waals surface area contributed by atoms with Crippen LogP contribution >= 0.6 is 0 Å². The largest absolute Gasteiger partial charge is 0.335 e. The van der Waals surface area contributed by atoms with Crippen molar-refractivity contribution in [3.63, 3.8) is 0 Å². The Morgan fingerprint density at radius 3 is 2.73 bits per heavy atom. The SMILES string of the molecule is CCCn1ccnc1C(C)C(C)NCC. The molecular formula is C12H23N3. The monoisotopic (exact) mass is 209 g/mol. The van der Waals surface area contributed by atoms with E-state index in [2.05, 4.69) is 48.8 Å². The van der Waals surface area contributed by atoms with Crippen molar-refractivity contribution >= 4 is 0 Å². The number of imidazole rings is 1. The highest BCUT2D eigenvalue weighted by molar-refractivity contribution is 5.02. The average molecular weight is 209 g/mol. The number of likely N-dealkylation sites (N-methyl/N-ethyl adjacent to an activating group) is 1. The summed E-state index contributed by atoms with van der Waals surface area (Å²) >= 11 is 0. The van der Waals surface area contributed by atoms with Gasteiger partial charge in [-0.15, -0.1) is 0 Å². The number of hydrogen-bond donors (Lipinski definition) is 1. The molecule has 0 saturated carbocycles. The van der Waals surface area contributed by atoms with E-state index in [9.17, 15) is 0 Å². The Morgan fingerprint density at radius 2 is 2.13 bits per heavy atom. The topological polar surface area (TPSA) is 29.9 Å². The molecule has 1 rings (SSSR count). The van der Waals surface area contributed by atoms with Gasteiger partial charge in [-0.05, 0) is 19.9 Å². The maximum atomic E-state index is 4.46. The third-order valence-electron chi connectivity index (χ3n) is 2.90. The zero-order valence-electron chi connectivity index (χ0n) is 10.3. The predicted molar refractivity (Wildman–Crippen MR) is 64.1 cm³/mol. The molecule has 2 unspecified atom stereocenters. The van der Waals surface area contributed by atoms with E-state index in [0.717, 1.165) is 19.5 Å². The van der Waals surface area contributed by atoms with Gasteiger partial charge in [-0.2, -0.15) is 0 Å². The molecule has 0 aliphatic rings. The van der Waals surface area contributed by atoms with Crippen LogP contribution in [0.3, 0.4) is 0 Å². The van der Waals surface area contributed by atoms with E-state index in [4.69, 9.17) is 0 Å². The Labute approximate surface area is 92.9 Å². The van der Waals surface area contributed by atoms with Crippen molar-refractivity contribution in [2.45, 2.75) is 52.6 Å². The molecule has 0 aliphatic heterocycles. The molecule has 0 fully saturated rings. The first-order valence-corrected chi connectivity index (χ1v) is 5.95. The minimum absolute atomic E-state index is 0.464. The van der Waals surface area contributed by atoms with Crippen LogP contribution in [0.15, 0.2) is 12.4 Å². The first-order chi connectivity index (χ1) is 7.20. The van der Waals surface area contributed by atoms with Gasteiger partial charge in [0.15, 0.2) is 0 Å². The number of hydrogen-bond acceptors (Lipinski definition) is 2. The summed E-state index contributed by atoms with van der Waals surface area (Å²) in [6.45, 7) is 10.9. The van der Waals surface area contributed by atoms with Gasteiger partial charge in [0.25, 0.3) is 0 Å². The summed E-state index contributed by atoms with van der Waals surface area (Å²) < 4.78 is 2.26. The summed E-state index contributed by atoms with van der Waals surface area (Å²) in [5.74, 6) is 1.66. The van der Waals surface area contributed by atoms with E-state index in [1.165, 1.54) is 5.82 Å². The molecule has 3 nitrogen and oxygen atoms in total. The van der Waals surface area contributed by atoms with Gasteiger partial charge in [-0.1, -0.05) is 20.8 Å². The summed E-state index contributed by atoms with van der Waals surface area (Å²) in [5, 5.41) is 3.45. The standard InChI is InChI=1S/C12H23N3/c1-5-8-15-9-7-14-12(15)10(3)11(4)13-6-2/h7,9-11,13H,5-6,8H2,1-4H3. The lowest BCUT2D eigenvalue weighted by Gasteiger charge is -2.21. The Hall–Kier alpha value is -0.830. The normalized spacial score (nSPS) is 15.2. The average Bonchev–Trinajstić information content (AvgIpc) is 2.66. The number of aromatic nitrogens is 2. The van der Waals surface area contributed by atoms with Crippen LogP contribution in [0.5, 0.6) is 0 Å². The molecule has 0 bridgehead atoms. The molecular weight excluding hydrogens is 186 g/mol. The van der Waals surface area contributed by atoms with E-state index in [1.54, 1.807) is 0 Å². The lowest BCUT2D eigenvalue weighted by atomic mass is 10.0. The van der Waals surface area contributed by atoms with Crippen molar-refractivity contribution in [2.24, 2.45) is 0 Å². The second-order valence-electron chi connectivity index (χ2n) is 4.11. The van der Waals surface area contributed by atoms with E-state index >= 15 is 0 Å². The summed E-state index contributed by atoms with van der Waals surface area (Å²) in [4.78, 5) is 4.46. The van der Waals surface area contributed by atoms with Crippen molar-refractivity contribution < 1.29 is 0 Å². The Kier molecular flexibility index (Phi) is 4.82. The molecule has 0 aliphatic carbocycles. The molecule has 1 aromatic rings. The van der Waals surface area contributed by atoms with Gasteiger partial charge >= 0.3 is 0 Å². The van der Waals surface area contributed by atoms with Gasteiger partial charge in [-0.25, -0.2) is 4.98 Å². The lowest BCUT2D eigenvalue weighted by Crippen LogP contribution is -2.32. The predicted octanol–water partition coefficient (Wildman–Crippen LogP) is 2.39. The van der Waals surface area contributed by atoms with Gasteiger partial charge in [0, 0.05) is 30.9 Å². The van der Waals surface area contributed by atoms with Gasteiger partial charge in [0.2, 0.25) is 0 Å². The number of aryl methyl sites for hydroxylation is 1. The van der Waals surface area contributed by atoms with Crippen LogP contribution in [0, 0.1) is 0 Å². The van der Waals surface area contributed by atoms with Crippen molar-refractivity contribution in [3.05, 3.63) is 18.2 Å². The minimum Gasteiger partial charge on any atom is -0.335 e. The molecule has 86 valence electrons. The number of nitrogens with zero attached hydrogens (tertiary/aromatic N) is 2. The molecule has 0 spiro atoms. The zero-order valence-corrected chi connectivity index (χ0v) is 10.3. The van der Waals surface area contributed by atoms with Crippen LogP contribution in [0.1, 0.15) is 45.9 Å². The molecule has 1 N–H and O–H groups in total. The van der Waals surface area contributed by atoms with Crippen molar-refractivity contribution in [3.8, 4) is 0 Å². The third-order valence-corrected chi connectivity index (χ3v) is 2.90. The van der Waals surface area contributed by atoms with E-state index < -0.39 is 0 Å². The number of rotatable bonds is 6. The Balaban J connectivity index is 2.71. The molecule has 0 saturated heterocycles. The summed E-state index contributed by atoms with van der Waals surface area (Å²) in [5.41, 5.74) is 0. The van der Waals surface area contributed by atoms with Crippen molar-refractivity contribution in [1.29, 1.82) is 0 Å². The van der Waals surface area contributed by atoms with E-state index in [1.807, 2.05) is 6.20 Å². The highest BCUT2D eigenvalue weighted by Gasteiger charge is 2.17. The van der Waals surface area contributed by atoms with Crippen LogP contribution in [-0.4, -0.2) is 22.1 Å². The van der Waals surface area contributed by atoms with Crippen LogP contribution in [0.4, 0.5) is 0 Å². The molecule has 0 aromatic carbocycles. The van der Waals surface area contributed by atoms with Crippen molar-refractivity contribution in [2.75, 3.05) is 6.54 Å². The van der Waals surface area contributed by atoms with Crippen molar-refractivity contribution in [1.82, 2.24) is 14.9 Å². The minimum atomic E-state index is 0.464. The zero-order chi connectivity index (χ0) is 11.3. The first-order valence-electron chi connectivity index (χ1n) is 5.95. The van der Waals surface area contributed by atoms with Crippen LogP contribution in [-0.2, 0) is 6.54 Å². The summed E-state index contributed by atoms with van der Waals surface area (Å²) in [6.07, 6.45) is 5.14. The summed E-state index contributed by atoms with van der Waals surface area (Å²) in [7, 11) is 0. The molecule has 15 heavy (non-hydrogen) atoms. The quantitative estimate of drug-likeness (QED) is 0.779. The van der Waals surface area contributed by atoms with Crippen LogP contribution < -0.4 is 5.32 Å². The fraction of sp³-hybridized carbons (Fsp3) is 0.750. The maximum Gasteiger partial charge on any atom is 0.113 e. The molecule has 1 heterocycles. The molecule has 3 heteroatoms. The third kappa shape index (κ3) is 3.06.